The monoisotopic (exact) mass is 469 g/mol. The highest BCUT2D eigenvalue weighted by Crippen LogP contribution is 2.11. The molecule has 1 aromatic rings. The Balaban J connectivity index is 0.00000338. The molecule has 6 heteroatoms. The number of nitrogens with one attached hydrogen (secondary N) is 2. The molecule has 26 heavy (non-hydrogen) atoms. The van der Waals surface area contributed by atoms with E-state index in [1.165, 1.54) is 45.3 Å². The standard InChI is InChI=1S/C20H31N5.HI/c1-3-5-12-25-13-10-19(11-14-25)24-20(22-4-2)23-16-18-8-6-17(15-21)7-9-18;/h6-9,19H,3-5,10-14,16H2,1-2H3,(H2,22,23,24);1H. The Morgan fingerprint density at radius 1 is 1.23 bits per heavy atom. The fourth-order valence-electron chi connectivity index (χ4n) is 3.05. The van der Waals surface area contributed by atoms with Crippen LogP contribution < -0.4 is 10.6 Å². The molecule has 1 heterocycles. The zero-order valence-corrected chi connectivity index (χ0v) is 18.3. The van der Waals surface area contributed by atoms with Gasteiger partial charge in [-0.1, -0.05) is 25.5 Å². The number of guanidine groups is 1. The van der Waals surface area contributed by atoms with Crippen LogP contribution in [0.1, 0.15) is 50.7 Å². The summed E-state index contributed by atoms with van der Waals surface area (Å²) in [5.74, 6) is 0.888. The molecule has 0 spiro atoms. The SMILES string of the molecule is CCCCN1CCC(NC(=NCc2ccc(C#N)cc2)NCC)CC1.I. The minimum absolute atomic E-state index is 0. The van der Waals surface area contributed by atoms with Crippen molar-refractivity contribution in [2.75, 3.05) is 26.2 Å². The van der Waals surface area contributed by atoms with Crippen molar-refractivity contribution in [3.05, 3.63) is 35.4 Å². The molecule has 0 bridgehead atoms. The normalized spacial score (nSPS) is 15.8. The summed E-state index contributed by atoms with van der Waals surface area (Å²) in [5.41, 5.74) is 1.80. The van der Waals surface area contributed by atoms with Crippen molar-refractivity contribution in [3.63, 3.8) is 0 Å². The Bertz CT molecular complexity index is 571. The third-order valence-corrected chi connectivity index (χ3v) is 4.60. The molecule has 0 aromatic heterocycles. The van der Waals surface area contributed by atoms with E-state index in [4.69, 9.17) is 10.3 Å². The molecule has 1 aromatic carbocycles. The van der Waals surface area contributed by atoms with Crippen molar-refractivity contribution in [2.45, 2.75) is 52.1 Å². The van der Waals surface area contributed by atoms with E-state index in [0.29, 0.717) is 18.2 Å². The summed E-state index contributed by atoms with van der Waals surface area (Å²) < 4.78 is 0. The second-order valence-corrected chi connectivity index (χ2v) is 6.62. The highest BCUT2D eigenvalue weighted by atomic mass is 127. The molecule has 0 saturated carbocycles. The maximum absolute atomic E-state index is 8.86. The Hall–Kier alpha value is -1.33. The number of halogens is 1. The number of aliphatic imine (C=N–C) groups is 1. The van der Waals surface area contributed by atoms with Gasteiger partial charge < -0.3 is 15.5 Å². The number of benzene rings is 1. The van der Waals surface area contributed by atoms with Crippen LogP contribution >= 0.6 is 24.0 Å². The summed E-state index contributed by atoms with van der Waals surface area (Å²) in [5, 5.41) is 15.8. The third-order valence-electron chi connectivity index (χ3n) is 4.60. The molecule has 0 radical (unpaired) electrons. The van der Waals surface area contributed by atoms with Gasteiger partial charge in [0.15, 0.2) is 5.96 Å². The van der Waals surface area contributed by atoms with Crippen LogP contribution in [0.15, 0.2) is 29.3 Å². The molecule has 144 valence electrons. The number of piperidine rings is 1. The lowest BCUT2D eigenvalue weighted by atomic mass is 10.0. The molecule has 0 unspecified atom stereocenters. The van der Waals surface area contributed by atoms with Crippen molar-refractivity contribution in [1.82, 2.24) is 15.5 Å². The van der Waals surface area contributed by atoms with E-state index < -0.39 is 0 Å². The van der Waals surface area contributed by atoms with Crippen molar-refractivity contribution < 1.29 is 0 Å². The number of rotatable bonds is 7. The van der Waals surface area contributed by atoms with Gasteiger partial charge in [-0.3, -0.25) is 0 Å². The predicted octanol–water partition coefficient (Wildman–Crippen LogP) is 3.50. The van der Waals surface area contributed by atoms with Crippen LogP contribution in [-0.4, -0.2) is 43.1 Å². The van der Waals surface area contributed by atoms with Crippen molar-refractivity contribution in [3.8, 4) is 6.07 Å². The van der Waals surface area contributed by atoms with Gasteiger partial charge in [0, 0.05) is 25.7 Å². The quantitative estimate of drug-likeness (QED) is 0.365. The Kier molecular flexibility index (Phi) is 11.3. The van der Waals surface area contributed by atoms with Crippen LogP contribution in [0, 0.1) is 11.3 Å². The molecule has 2 N–H and O–H groups in total. The van der Waals surface area contributed by atoms with E-state index in [1.54, 1.807) is 0 Å². The minimum Gasteiger partial charge on any atom is -0.357 e. The number of nitrogens with zero attached hydrogens (tertiary/aromatic N) is 3. The molecular weight excluding hydrogens is 437 g/mol. The van der Waals surface area contributed by atoms with Crippen molar-refractivity contribution >= 4 is 29.9 Å². The van der Waals surface area contributed by atoms with E-state index in [2.05, 4.69) is 35.5 Å². The second kappa shape index (κ2) is 12.9. The highest BCUT2D eigenvalue weighted by Gasteiger charge is 2.19. The first-order valence-electron chi connectivity index (χ1n) is 9.51. The Morgan fingerprint density at radius 2 is 1.92 bits per heavy atom. The van der Waals surface area contributed by atoms with E-state index in [1.807, 2.05) is 24.3 Å². The summed E-state index contributed by atoms with van der Waals surface area (Å²) in [6, 6.07) is 10.3. The number of likely N-dealkylation sites (tertiary alicyclic amines) is 1. The van der Waals surface area contributed by atoms with Gasteiger partial charge in [-0.2, -0.15) is 5.26 Å². The molecule has 0 amide bonds. The fourth-order valence-corrected chi connectivity index (χ4v) is 3.05. The van der Waals surface area contributed by atoms with Gasteiger partial charge in [-0.15, -0.1) is 24.0 Å². The Labute approximate surface area is 175 Å². The van der Waals surface area contributed by atoms with E-state index >= 15 is 0 Å². The third kappa shape index (κ3) is 7.92. The van der Waals surface area contributed by atoms with Crippen LogP contribution in [0.25, 0.3) is 0 Å². The lowest BCUT2D eigenvalue weighted by molar-refractivity contribution is 0.203. The van der Waals surface area contributed by atoms with E-state index in [9.17, 15) is 0 Å². The van der Waals surface area contributed by atoms with Crippen molar-refractivity contribution in [2.24, 2.45) is 4.99 Å². The Morgan fingerprint density at radius 3 is 2.50 bits per heavy atom. The highest BCUT2D eigenvalue weighted by molar-refractivity contribution is 14.0. The molecular formula is C20H32IN5. The molecule has 0 aliphatic carbocycles. The molecule has 1 aliphatic heterocycles. The van der Waals surface area contributed by atoms with Gasteiger partial charge in [0.2, 0.25) is 0 Å². The maximum Gasteiger partial charge on any atom is 0.191 e. The summed E-state index contributed by atoms with van der Waals surface area (Å²) in [6.45, 7) is 9.40. The topological polar surface area (TPSA) is 63.5 Å². The minimum atomic E-state index is 0. The summed E-state index contributed by atoms with van der Waals surface area (Å²) >= 11 is 0. The van der Waals surface area contributed by atoms with Gasteiger partial charge in [0.05, 0.1) is 18.2 Å². The molecule has 5 nitrogen and oxygen atoms in total. The van der Waals surface area contributed by atoms with Crippen LogP contribution in [0.5, 0.6) is 0 Å². The number of hydrogen-bond donors (Lipinski definition) is 2. The van der Waals surface area contributed by atoms with Gasteiger partial charge in [0.25, 0.3) is 0 Å². The summed E-state index contributed by atoms with van der Waals surface area (Å²) in [4.78, 5) is 7.27. The molecule has 2 rings (SSSR count). The zero-order chi connectivity index (χ0) is 17.9. The van der Waals surface area contributed by atoms with Crippen LogP contribution in [0.4, 0.5) is 0 Å². The lowest BCUT2D eigenvalue weighted by Crippen LogP contribution is -2.48. The molecule has 1 saturated heterocycles. The van der Waals surface area contributed by atoms with Crippen LogP contribution in [0.2, 0.25) is 0 Å². The maximum atomic E-state index is 8.86. The van der Waals surface area contributed by atoms with Crippen molar-refractivity contribution in [1.29, 1.82) is 5.26 Å². The van der Waals surface area contributed by atoms with Gasteiger partial charge in [0.1, 0.15) is 0 Å². The smallest absolute Gasteiger partial charge is 0.191 e. The first-order chi connectivity index (χ1) is 12.2. The van der Waals surface area contributed by atoms with Gasteiger partial charge in [-0.05, 0) is 50.4 Å². The summed E-state index contributed by atoms with van der Waals surface area (Å²) in [7, 11) is 0. The average Bonchev–Trinajstić information content (AvgIpc) is 2.66. The average molecular weight is 469 g/mol. The number of hydrogen-bond acceptors (Lipinski definition) is 3. The molecule has 1 fully saturated rings. The van der Waals surface area contributed by atoms with Gasteiger partial charge in [-0.25, -0.2) is 4.99 Å². The first-order valence-corrected chi connectivity index (χ1v) is 9.51. The van der Waals surface area contributed by atoms with E-state index in [0.717, 1.165) is 18.1 Å². The van der Waals surface area contributed by atoms with Crippen LogP contribution in [-0.2, 0) is 6.54 Å². The van der Waals surface area contributed by atoms with Crippen LogP contribution in [0.3, 0.4) is 0 Å². The largest absolute Gasteiger partial charge is 0.357 e. The van der Waals surface area contributed by atoms with E-state index in [-0.39, 0.29) is 24.0 Å². The zero-order valence-electron chi connectivity index (χ0n) is 16.0. The molecule has 0 atom stereocenters. The molecule has 1 aliphatic rings. The second-order valence-electron chi connectivity index (χ2n) is 6.62. The fraction of sp³-hybridized carbons (Fsp3) is 0.600. The predicted molar refractivity (Wildman–Crippen MR) is 119 cm³/mol. The first kappa shape index (κ1) is 22.7. The lowest BCUT2D eigenvalue weighted by Gasteiger charge is -2.33. The summed E-state index contributed by atoms with van der Waals surface area (Å²) in [6.07, 6.45) is 4.91. The number of nitriles is 1. The van der Waals surface area contributed by atoms with Gasteiger partial charge >= 0.3 is 0 Å². The number of unbranched alkanes of at least 4 members (excludes halogenated alkanes) is 1.